The first kappa shape index (κ1) is 19.7. The molecule has 1 N–H and O–H groups in total. The van der Waals surface area contributed by atoms with Gasteiger partial charge in [0.25, 0.3) is 11.1 Å². The number of fused-ring (bicyclic) bond motifs is 2. The van der Waals surface area contributed by atoms with Crippen LogP contribution in [0.3, 0.4) is 0 Å². The van der Waals surface area contributed by atoms with E-state index in [1.54, 1.807) is 10.6 Å². The van der Waals surface area contributed by atoms with Gasteiger partial charge in [0.15, 0.2) is 5.16 Å². The van der Waals surface area contributed by atoms with Gasteiger partial charge in [0.2, 0.25) is 0 Å². The fourth-order valence-electron chi connectivity index (χ4n) is 3.60. The van der Waals surface area contributed by atoms with Crippen LogP contribution in [0.1, 0.15) is 17.0 Å². The molecule has 0 aliphatic carbocycles. The quantitative estimate of drug-likeness (QED) is 0.323. The van der Waals surface area contributed by atoms with Crippen LogP contribution in [0, 0.1) is 13.8 Å². The van der Waals surface area contributed by atoms with E-state index < -0.39 is 0 Å². The van der Waals surface area contributed by atoms with Gasteiger partial charge < -0.3 is 4.98 Å². The third kappa shape index (κ3) is 3.58. The highest BCUT2D eigenvalue weighted by Gasteiger charge is 2.16. The molecule has 6 nitrogen and oxygen atoms in total. The van der Waals surface area contributed by atoms with Crippen molar-refractivity contribution < 1.29 is 0 Å². The highest BCUT2D eigenvalue weighted by Crippen LogP contribution is 2.26. The largest absolute Gasteiger partial charge is 0.309 e. The summed E-state index contributed by atoms with van der Waals surface area (Å²) in [5.74, 6) is 0.937. The Morgan fingerprint density at radius 3 is 2.71 bits per heavy atom. The molecule has 0 atom stereocenters. The summed E-state index contributed by atoms with van der Waals surface area (Å²) in [5.41, 5.74) is 3.98. The van der Waals surface area contributed by atoms with Crippen LogP contribution in [0.25, 0.3) is 26.8 Å². The van der Waals surface area contributed by atoms with Crippen LogP contribution in [0.15, 0.2) is 68.7 Å². The van der Waals surface area contributed by atoms with Gasteiger partial charge in [-0.3, -0.25) is 14.2 Å². The molecule has 5 rings (SSSR count). The fourth-order valence-corrected chi connectivity index (χ4v) is 5.20. The van der Waals surface area contributed by atoms with Crippen molar-refractivity contribution in [2.45, 2.75) is 24.8 Å². The molecule has 0 saturated heterocycles. The number of nitrogens with zero attached hydrogens (tertiary/aromatic N) is 3. The molecular weight excluding hydrogens is 428 g/mol. The van der Waals surface area contributed by atoms with Crippen molar-refractivity contribution >= 4 is 44.2 Å². The van der Waals surface area contributed by atoms with Crippen LogP contribution in [-0.2, 0) is 5.75 Å². The Kier molecular flexibility index (Phi) is 4.95. The minimum atomic E-state index is -0.145. The molecular formula is C23H18N4O2S2. The Bertz CT molecular complexity index is 1570. The summed E-state index contributed by atoms with van der Waals surface area (Å²) in [4.78, 5) is 37.9. The van der Waals surface area contributed by atoms with E-state index in [9.17, 15) is 9.59 Å². The standard InChI is InChI=1S/C23H18N4O2S2/c1-13-7-8-18(14(2)11-13)27-22(29)15-5-3-4-6-16(15)25-23(27)31-12-19-24-17-9-10-30-20(17)21(28)26-19/h3-11H,12H2,1-2H3,(H,24,26,28). The van der Waals surface area contributed by atoms with Crippen molar-refractivity contribution in [2.24, 2.45) is 0 Å². The monoisotopic (exact) mass is 446 g/mol. The SMILES string of the molecule is Cc1ccc(-n2c(SCc3nc4ccsc4c(=O)[nH]3)nc3ccccc3c2=O)c(C)c1. The second kappa shape index (κ2) is 7.79. The summed E-state index contributed by atoms with van der Waals surface area (Å²) in [6, 6.07) is 15.2. The second-order valence-corrected chi connectivity index (χ2v) is 9.14. The van der Waals surface area contributed by atoms with E-state index in [4.69, 9.17) is 4.98 Å². The lowest BCUT2D eigenvalue weighted by molar-refractivity contribution is 0.812. The first-order valence-electron chi connectivity index (χ1n) is 9.70. The molecule has 0 aliphatic rings. The Morgan fingerprint density at radius 2 is 1.87 bits per heavy atom. The Morgan fingerprint density at radius 1 is 1.03 bits per heavy atom. The average Bonchev–Trinajstić information content (AvgIpc) is 3.23. The summed E-state index contributed by atoms with van der Waals surface area (Å²) < 4.78 is 2.27. The Labute approximate surface area is 185 Å². The number of para-hydroxylation sites is 1. The van der Waals surface area contributed by atoms with Gasteiger partial charge in [0, 0.05) is 0 Å². The zero-order valence-electron chi connectivity index (χ0n) is 16.9. The average molecular weight is 447 g/mol. The van der Waals surface area contributed by atoms with Gasteiger partial charge in [-0.1, -0.05) is 41.6 Å². The molecule has 0 radical (unpaired) electrons. The number of aryl methyl sites for hydroxylation is 2. The van der Waals surface area contributed by atoms with E-state index in [0.717, 1.165) is 16.8 Å². The summed E-state index contributed by atoms with van der Waals surface area (Å²) in [5, 5.41) is 2.98. The molecule has 0 spiro atoms. The number of H-pyrrole nitrogens is 1. The van der Waals surface area contributed by atoms with Gasteiger partial charge in [-0.05, 0) is 49.1 Å². The minimum Gasteiger partial charge on any atom is -0.309 e. The molecule has 5 aromatic rings. The number of thiophene rings is 1. The number of nitrogens with one attached hydrogen (secondary N) is 1. The zero-order valence-corrected chi connectivity index (χ0v) is 18.5. The number of hydrogen-bond acceptors (Lipinski definition) is 6. The molecule has 0 bridgehead atoms. The molecule has 8 heteroatoms. The molecule has 3 heterocycles. The maximum Gasteiger partial charge on any atom is 0.268 e. The van der Waals surface area contributed by atoms with E-state index in [1.165, 1.54) is 23.1 Å². The summed E-state index contributed by atoms with van der Waals surface area (Å²) in [7, 11) is 0. The van der Waals surface area contributed by atoms with Gasteiger partial charge in [-0.2, -0.15) is 0 Å². The van der Waals surface area contributed by atoms with Crippen molar-refractivity contribution in [3.63, 3.8) is 0 Å². The molecule has 31 heavy (non-hydrogen) atoms. The fraction of sp³-hybridized carbons (Fsp3) is 0.130. The van der Waals surface area contributed by atoms with Crippen molar-refractivity contribution in [1.82, 2.24) is 19.5 Å². The van der Waals surface area contributed by atoms with Gasteiger partial charge in [0.05, 0.1) is 27.9 Å². The molecule has 0 unspecified atom stereocenters. The van der Waals surface area contributed by atoms with E-state index in [0.29, 0.717) is 37.9 Å². The molecule has 154 valence electrons. The van der Waals surface area contributed by atoms with Crippen LogP contribution >= 0.6 is 23.1 Å². The summed E-state index contributed by atoms with van der Waals surface area (Å²) in [6.07, 6.45) is 0. The van der Waals surface area contributed by atoms with Crippen LogP contribution in [0.5, 0.6) is 0 Å². The molecule has 0 saturated carbocycles. The highest BCUT2D eigenvalue weighted by molar-refractivity contribution is 7.98. The molecule has 0 amide bonds. The molecule has 0 fully saturated rings. The Hall–Kier alpha value is -3.23. The van der Waals surface area contributed by atoms with Crippen molar-refractivity contribution in [2.75, 3.05) is 0 Å². The zero-order chi connectivity index (χ0) is 21.5. The number of aromatic amines is 1. The van der Waals surface area contributed by atoms with Gasteiger partial charge in [0.1, 0.15) is 10.5 Å². The smallest absolute Gasteiger partial charge is 0.268 e. The maximum atomic E-state index is 13.4. The predicted molar refractivity (Wildman–Crippen MR) is 127 cm³/mol. The lowest BCUT2D eigenvalue weighted by Crippen LogP contribution is -2.22. The Balaban J connectivity index is 1.64. The van der Waals surface area contributed by atoms with Crippen LogP contribution < -0.4 is 11.1 Å². The minimum absolute atomic E-state index is 0.116. The molecule has 2 aromatic carbocycles. The van der Waals surface area contributed by atoms with Gasteiger partial charge in [-0.15, -0.1) is 11.3 Å². The van der Waals surface area contributed by atoms with Gasteiger partial charge in [-0.25, -0.2) is 9.97 Å². The maximum absolute atomic E-state index is 13.4. The topological polar surface area (TPSA) is 80.6 Å². The van der Waals surface area contributed by atoms with E-state index in [2.05, 4.69) is 16.0 Å². The third-order valence-electron chi connectivity index (χ3n) is 5.04. The van der Waals surface area contributed by atoms with E-state index in [-0.39, 0.29) is 11.1 Å². The second-order valence-electron chi connectivity index (χ2n) is 7.28. The predicted octanol–water partition coefficient (Wildman–Crippen LogP) is 4.59. The lowest BCUT2D eigenvalue weighted by Gasteiger charge is -2.15. The number of aromatic nitrogens is 4. The van der Waals surface area contributed by atoms with E-state index >= 15 is 0 Å². The normalized spacial score (nSPS) is 11.4. The first-order valence-corrected chi connectivity index (χ1v) is 11.6. The first-order chi connectivity index (χ1) is 15.0. The van der Waals surface area contributed by atoms with Crippen LogP contribution in [0.2, 0.25) is 0 Å². The number of rotatable bonds is 4. The van der Waals surface area contributed by atoms with E-state index in [1.807, 2.05) is 55.6 Å². The molecule has 3 aromatic heterocycles. The highest BCUT2D eigenvalue weighted by atomic mass is 32.2. The van der Waals surface area contributed by atoms with Crippen molar-refractivity contribution in [3.8, 4) is 5.69 Å². The third-order valence-corrected chi connectivity index (χ3v) is 6.89. The van der Waals surface area contributed by atoms with Gasteiger partial charge >= 0.3 is 0 Å². The number of hydrogen-bond donors (Lipinski definition) is 1. The van der Waals surface area contributed by atoms with Crippen LogP contribution in [-0.4, -0.2) is 19.5 Å². The summed E-state index contributed by atoms with van der Waals surface area (Å²) >= 11 is 2.75. The number of benzene rings is 2. The number of thioether (sulfide) groups is 1. The van der Waals surface area contributed by atoms with Crippen molar-refractivity contribution in [1.29, 1.82) is 0 Å². The lowest BCUT2D eigenvalue weighted by atomic mass is 10.1. The molecule has 0 aliphatic heterocycles. The summed E-state index contributed by atoms with van der Waals surface area (Å²) in [6.45, 7) is 4.01. The van der Waals surface area contributed by atoms with Crippen LogP contribution in [0.4, 0.5) is 0 Å². The van der Waals surface area contributed by atoms with Crippen molar-refractivity contribution in [3.05, 3.63) is 91.6 Å².